The smallest absolute Gasteiger partial charge is 0.280 e. The van der Waals surface area contributed by atoms with Crippen LogP contribution in [0.15, 0.2) is 46.2 Å². The van der Waals surface area contributed by atoms with Crippen molar-refractivity contribution in [2.45, 2.75) is 62.8 Å². The molecule has 0 amide bonds. The van der Waals surface area contributed by atoms with Gasteiger partial charge in [0.25, 0.3) is 10.0 Å². The maximum atomic E-state index is 14.8. The third kappa shape index (κ3) is 4.60. The summed E-state index contributed by atoms with van der Waals surface area (Å²) in [6.07, 6.45) is 4.96. The number of rotatable bonds is 8. The van der Waals surface area contributed by atoms with Gasteiger partial charge in [-0.2, -0.15) is 8.42 Å². The molecule has 0 aliphatic carbocycles. The second-order valence-electron chi connectivity index (χ2n) is 8.63. The Kier molecular flexibility index (Phi) is 6.07. The summed E-state index contributed by atoms with van der Waals surface area (Å²) in [5, 5.41) is 4.77. The van der Waals surface area contributed by atoms with E-state index in [1.807, 2.05) is 6.07 Å². The first-order valence-electron chi connectivity index (χ1n) is 11.1. The number of nitrogens with one attached hydrogen (secondary N) is 2. The molecule has 2 aliphatic rings. The van der Waals surface area contributed by atoms with Crippen LogP contribution in [0.1, 0.15) is 42.5 Å². The lowest BCUT2D eigenvalue weighted by atomic mass is 10.0. The SMILES string of the molecule is Cc1nc(S(=O)(=O)Nc2cscn2)ccc1NCc1c(F)cccc1CN1[C@H]2CC[C@@H]1CC2. The molecule has 2 N–H and O–H groups in total. The van der Waals surface area contributed by atoms with Crippen LogP contribution in [0, 0.1) is 12.7 Å². The first-order chi connectivity index (χ1) is 15.9. The Morgan fingerprint density at radius 2 is 1.91 bits per heavy atom. The van der Waals surface area contributed by atoms with E-state index in [1.165, 1.54) is 49.2 Å². The first-order valence-corrected chi connectivity index (χ1v) is 13.5. The number of nitrogens with zero attached hydrogens (tertiary/aromatic N) is 3. The van der Waals surface area contributed by atoms with Crippen LogP contribution < -0.4 is 10.0 Å². The number of pyridine rings is 1. The molecule has 1 aromatic carbocycles. The predicted octanol–water partition coefficient (Wildman–Crippen LogP) is 4.53. The second-order valence-corrected chi connectivity index (χ2v) is 11.0. The molecule has 3 aromatic rings. The van der Waals surface area contributed by atoms with Crippen LogP contribution in [0.5, 0.6) is 0 Å². The first kappa shape index (κ1) is 22.2. The van der Waals surface area contributed by atoms with Crippen molar-refractivity contribution in [3.63, 3.8) is 0 Å². The van der Waals surface area contributed by atoms with Crippen LogP contribution in [0.25, 0.3) is 0 Å². The molecular formula is C23H26FN5O2S2. The van der Waals surface area contributed by atoms with Gasteiger partial charge in [-0.25, -0.2) is 14.4 Å². The van der Waals surface area contributed by atoms with Crippen molar-refractivity contribution in [3.05, 3.63) is 63.9 Å². The van der Waals surface area contributed by atoms with Crippen LogP contribution in [0.4, 0.5) is 15.9 Å². The quantitative estimate of drug-likeness (QED) is 0.486. The lowest BCUT2D eigenvalue weighted by Crippen LogP contribution is -2.28. The van der Waals surface area contributed by atoms with Gasteiger partial charge in [0.15, 0.2) is 10.8 Å². The van der Waals surface area contributed by atoms with Gasteiger partial charge >= 0.3 is 0 Å². The van der Waals surface area contributed by atoms with Crippen molar-refractivity contribution in [3.8, 4) is 0 Å². The Morgan fingerprint density at radius 3 is 2.58 bits per heavy atom. The molecule has 2 aromatic heterocycles. The highest BCUT2D eigenvalue weighted by atomic mass is 32.2. The fourth-order valence-corrected chi connectivity index (χ4v) is 6.49. The third-order valence-electron chi connectivity index (χ3n) is 6.64. The topological polar surface area (TPSA) is 87.2 Å². The molecule has 10 heteroatoms. The molecule has 174 valence electrons. The van der Waals surface area contributed by atoms with Crippen molar-refractivity contribution in [1.29, 1.82) is 0 Å². The summed E-state index contributed by atoms with van der Waals surface area (Å²) in [7, 11) is -3.83. The Hall–Kier alpha value is -2.56. The zero-order valence-electron chi connectivity index (χ0n) is 18.3. The molecule has 0 atom stereocenters. The molecule has 0 saturated carbocycles. The molecule has 7 nitrogen and oxygen atoms in total. The van der Waals surface area contributed by atoms with E-state index in [2.05, 4.69) is 24.9 Å². The Bertz CT molecular complexity index is 1230. The predicted molar refractivity (Wildman–Crippen MR) is 127 cm³/mol. The van der Waals surface area contributed by atoms with Crippen LogP contribution >= 0.6 is 11.3 Å². The van der Waals surface area contributed by atoms with Crippen LogP contribution in [0.2, 0.25) is 0 Å². The van der Waals surface area contributed by atoms with Gasteiger partial charge in [-0.1, -0.05) is 12.1 Å². The molecule has 33 heavy (non-hydrogen) atoms. The van der Waals surface area contributed by atoms with Crippen molar-refractivity contribution < 1.29 is 12.8 Å². The van der Waals surface area contributed by atoms with E-state index >= 15 is 0 Å². The maximum Gasteiger partial charge on any atom is 0.280 e. The largest absolute Gasteiger partial charge is 0.379 e. The van der Waals surface area contributed by atoms with Gasteiger partial charge in [0, 0.05) is 36.1 Å². The summed E-state index contributed by atoms with van der Waals surface area (Å²) in [5.41, 5.74) is 4.38. The maximum absolute atomic E-state index is 14.8. The number of anilines is 2. The van der Waals surface area contributed by atoms with E-state index in [0.717, 1.165) is 12.1 Å². The molecule has 2 bridgehead atoms. The van der Waals surface area contributed by atoms with Crippen LogP contribution in [0.3, 0.4) is 0 Å². The summed E-state index contributed by atoms with van der Waals surface area (Å²) in [6.45, 7) is 2.80. The number of benzene rings is 1. The number of hydrogen-bond donors (Lipinski definition) is 2. The normalized spacial score (nSPS) is 20.3. The van der Waals surface area contributed by atoms with Crippen molar-refractivity contribution in [1.82, 2.24) is 14.9 Å². The molecule has 2 saturated heterocycles. The number of aryl methyl sites for hydroxylation is 1. The van der Waals surface area contributed by atoms with E-state index < -0.39 is 10.0 Å². The van der Waals surface area contributed by atoms with Gasteiger partial charge in [-0.3, -0.25) is 9.62 Å². The average Bonchev–Trinajstić information content (AvgIpc) is 3.52. The van der Waals surface area contributed by atoms with E-state index in [1.54, 1.807) is 29.9 Å². The molecule has 0 radical (unpaired) electrons. The number of fused-ring (bicyclic) bond motifs is 2. The minimum Gasteiger partial charge on any atom is -0.379 e. The highest BCUT2D eigenvalue weighted by Gasteiger charge is 2.39. The molecule has 0 unspecified atom stereocenters. The average molecular weight is 488 g/mol. The van der Waals surface area contributed by atoms with Gasteiger partial charge in [0.2, 0.25) is 0 Å². The zero-order valence-corrected chi connectivity index (χ0v) is 19.9. The Balaban J connectivity index is 1.31. The monoisotopic (exact) mass is 487 g/mol. The third-order valence-corrected chi connectivity index (χ3v) is 8.48. The van der Waals surface area contributed by atoms with Gasteiger partial charge in [-0.05, 0) is 56.4 Å². The molecule has 2 aliphatic heterocycles. The molecule has 2 fully saturated rings. The summed E-state index contributed by atoms with van der Waals surface area (Å²) < 4.78 is 42.3. The Morgan fingerprint density at radius 1 is 1.15 bits per heavy atom. The second kappa shape index (κ2) is 9.00. The van der Waals surface area contributed by atoms with E-state index in [0.29, 0.717) is 35.6 Å². The fourth-order valence-electron chi connectivity index (χ4n) is 4.93. The van der Waals surface area contributed by atoms with Crippen LogP contribution in [-0.2, 0) is 23.1 Å². The summed E-state index contributed by atoms with van der Waals surface area (Å²) >= 11 is 1.30. The number of sulfonamides is 1. The standard InChI is InChI=1S/C23H26FN5O2S2/c1-15-21(9-10-23(27-15)33(30,31)28-22-13-32-14-26-22)25-11-19-16(3-2-4-20(19)24)12-29-17-5-6-18(29)8-7-17/h2-4,9-10,13-14,17-18,25,28H,5-8,11-12H2,1H3/t17-,18+. The van der Waals surface area contributed by atoms with Gasteiger partial charge in [0.1, 0.15) is 5.82 Å². The number of thiazole rings is 1. The van der Waals surface area contributed by atoms with Gasteiger partial charge in [-0.15, -0.1) is 11.3 Å². The highest BCUT2D eigenvalue weighted by molar-refractivity contribution is 7.92. The zero-order chi connectivity index (χ0) is 23.0. The van der Waals surface area contributed by atoms with Crippen molar-refractivity contribution in [2.75, 3.05) is 10.0 Å². The summed E-state index contributed by atoms with van der Waals surface area (Å²) in [6, 6.07) is 9.62. The van der Waals surface area contributed by atoms with E-state index in [4.69, 9.17) is 0 Å². The van der Waals surface area contributed by atoms with Crippen molar-refractivity contribution in [2.24, 2.45) is 0 Å². The Labute approximate surface area is 197 Å². The van der Waals surface area contributed by atoms with Gasteiger partial charge in [0.05, 0.1) is 16.9 Å². The van der Waals surface area contributed by atoms with E-state index in [9.17, 15) is 12.8 Å². The lowest BCUT2D eigenvalue weighted by molar-refractivity contribution is 0.243. The lowest BCUT2D eigenvalue weighted by Gasteiger charge is -2.23. The molecule has 4 heterocycles. The highest BCUT2D eigenvalue weighted by Crippen LogP contribution is 2.38. The fraction of sp³-hybridized carbons (Fsp3) is 0.391. The molecule has 0 spiro atoms. The number of hydrogen-bond acceptors (Lipinski definition) is 7. The van der Waals surface area contributed by atoms with Crippen molar-refractivity contribution >= 4 is 32.9 Å². The number of aromatic nitrogens is 2. The number of halogens is 1. The molecule has 5 rings (SSSR count). The molecular weight excluding hydrogens is 461 g/mol. The summed E-state index contributed by atoms with van der Waals surface area (Å²) in [5.74, 6) is 0.0315. The minimum absolute atomic E-state index is 0.0883. The van der Waals surface area contributed by atoms with Crippen LogP contribution in [-0.4, -0.2) is 35.4 Å². The van der Waals surface area contributed by atoms with E-state index in [-0.39, 0.29) is 16.7 Å². The van der Waals surface area contributed by atoms with Gasteiger partial charge < -0.3 is 5.32 Å². The summed E-state index contributed by atoms with van der Waals surface area (Å²) in [4.78, 5) is 10.7. The minimum atomic E-state index is -3.83.